The summed E-state index contributed by atoms with van der Waals surface area (Å²) in [6, 6.07) is 8.02. The van der Waals surface area contributed by atoms with E-state index in [0.717, 1.165) is 27.6 Å². The smallest absolute Gasteiger partial charge is 0.220 e. The van der Waals surface area contributed by atoms with Crippen molar-refractivity contribution in [1.29, 1.82) is 0 Å². The van der Waals surface area contributed by atoms with Crippen molar-refractivity contribution >= 4 is 16.8 Å². The van der Waals surface area contributed by atoms with E-state index in [1.54, 1.807) is 12.4 Å². The average molecular weight is 294 g/mol. The Kier molecular flexibility index (Phi) is 4.14. The third kappa shape index (κ3) is 3.14. The number of hydrogen-bond acceptors (Lipinski definition) is 3. The fourth-order valence-corrected chi connectivity index (χ4v) is 2.50. The summed E-state index contributed by atoms with van der Waals surface area (Å²) in [5.41, 5.74) is 4.29. The van der Waals surface area contributed by atoms with Crippen molar-refractivity contribution in [2.24, 2.45) is 0 Å². The highest BCUT2D eigenvalue weighted by Crippen LogP contribution is 2.20. The Morgan fingerprint density at radius 2 is 2.23 bits per heavy atom. The molecule has 5 nitrogen and oxygen atoms in total. The monoisotopic (exact) mass is 294 g/mol. The van der Waals surface area contributed by atoms with Crippen LogP contribution in [0.3, 0.4) is 0 Å². The van der Waals surface area contributed by atoms with Crippen molar-refractivity contribution in [1.82, 2.24) is 20.5 Å². The van der Waals surface area contributed by atoms with Gasteiger partial charge in [0, 0.05) is 30.7 Å². The predicted octanol–water partition coefficient (Wildman–Crippen LogP) is 2.52. The second kappa shape index (κ2) is 6.39. The Morgan fingerprint density at radius 1 is 1.32 bits per heavy atom. The normalized spacial score (nSPS) is 10.8. The standard InChI is InChI=1S/C17H18N4O/c1-12-4-6-16-14(3-2-8-18-16)15(12)11-19-17(22)7-5-13-9-20-21-10-13/h2-4,6,8-10H,5,7,11H2,1H3,(H,19,22)(H,20,21). The van der Waals surface area contributed by atoms with Gasteiger partial charge in [-0.05, 0) is 42.2 Å². The maximum atomic E-state index is 12.0. The number of benzene rings is 1. The van der Waals surface area contributed by atoms with Crippen LogP contribution in [0.25, 0.3) is 10.9 Å². The summed E-state index contributed by atoms with van der Waals surface area (Å²) in [6.45, 7) is 2.58. The van der Waals surface area contributed by atoms with Crippen LogP contribution < -0.4 is 5.32 Å². The van der Waals surface area contributed by atoms with Crippen molar-refractivity contribution < 1.29 is 4.79 Å². The van der Waals surface area contributed by atoms with Gasteiger partial charge in [-0.15, -0.1) is 0 Å². The predicted molar refractivity (Wildman–Crippen MR) is 85.2 cm³/mol. The van der Waals surface area contributed by atoms with E-state index < -0.39 is 0 Å². The molecule has 22 heavy (non-hydrogen) atoms. The van der Waals surface area contributed by atoms with Crippen molar-refractivity contribution in [2.45, 2.75) is 26.3 Å². The maximum Gasteiger partial charge on any atom is 0.220 e. The molecule has 2 aromatic heterocycles. The van der Waals surface area contributed by atoms with Gasteiger partial charge in [-0.25, -0.2) is 0 Å². The number of H-pyrrole nitrogens is 1. The molecular formula is C17H18N4O. The quantitative estimate of drug-likeness (QED) is 0.759. The van der Waals surface area contributed by atoms with E-state index in [9.17, 15) is 4.79 Å². The molecular weight excluding hydrogens is 276 g/mol. The Morgan fingerprint density at radius 3 is 3.05 bits per heavy atom. The summed E-state index contributed by atoms with van der Waals surface area (Å²) in [7, 11) is 0. The Labute approximate surface area is 128 Å². The molecule has 0 saturated carbocycles. The van der Waals surface area contributed by atoms with Gasteiger partial charge in [-0.2, -0.15) is 5.10 Å². The van der Waals surface area contributed by atoms with Gasteiger partial charge in [0.2, 0.25) is 5.91 Å². The third-order valence-corrected chi connectivity index (χ3v) is 3.79. The molecule has 2 heterocycles. The number of pyridine rings is 1. The molecule has 5 heteroatoms. The molecule has 0 aliphatic rings. The molecule has 1 aromatic carbocycles. The second-order valence-corrected chi connectivity index (χ2v) is 5.31. The van der Waals surface area contributed by atoms with E-state index in [-0.39, 0.29) is 5.91 Å². The Hall–Kier alpha value is -2.69. The van der Waals surface area contributed by atoms with Crippen LogP contribution >= 0.6 is 0 Å². The molecule has 0 aliphatic heterocycles. The van der Waals surface area contributed by atoms with Crippen LogP contribution in [0.5, 0.6) is 0 Å². The number of aryl methyl sites for hydroxylation is 2. The highest BCUT2D eigenvalue weighted by molar-refractivity contribution is 5.84. The van der Waals surface area contributed by atoms with Crippen LogP contribution in [0.15, 0.2) is 42.9 Å². The van der Waals surface area contributed by atoms with Crippen LogP contribution in [0.4, 0.5) is 0 Å². The summed E-state index contributed by atoms with van der Waals surface area (Å²) in [4.78, 5) is 16.4. The molecule has 2 N–H and O–H groups in total. The minimum atomic E-state index is 0.0430. The van der Waals surface area contributed by atoms with Gasteiger partial charge in [0.25, 0.3) is 0 Å². The minimum absolute atomic E-state index is 0.0430. The molecule has 0 unspecified atom stereocenters. The van der Waals surface area contributed by atoms with Crippen LogP contribution in [-0.2, 0) is 17.8 Å². The lowest BCUT2D eigenvalue weighted by atomic mass is 10.0. The van der Waals surface area contributed by atoms with Gasteiger partial charge in [-0.1, -0.05) is 12.1 Å². The lowest BCUT2D eigenvalue weighted by Crippen LogP contribution is -2.23. The van der Waals surface area contributed by atoms with E-state index >= 15 is 0 Å². The van der Waals surface area contributed by atoms with E-state index in [1.807, 2.05) is 30.5 Å². The van der Waals surface area contributed by atoms with Crippen molar-refractivity contribution in [3.63, 3.8) is 0 Å². The first kappa shape index (κ1) is 14.3. The third-order valence-electron chi connectivity index (χ3n) is 3.79. The number of nitrogens with zero attached hydrogens (tertiary/aromatic N) is 2. The molecule has 0 radical (unpaired) electrons. The fraction of sp³-hybridized carbons (Fsp3) is 0.235. The minimum Gasteiger partial charge on any atom is -0.352 e. The molecule has 0 fully saturated rings. The molecule has 3 rings (SSSR count). The highest BCUT2D eigenvalue weighted by atomic mass is 16.1. The molecule has 3 aromatic rings. The number of aromatic nitrogens is 3. The first-order chi connectivity index (χ1) is 10.7. The first-order valence-corrected chi connectivity index (χ1v) is 7.31. The average Bonchev–Trinajstić information content (AvgIpc) is 3.05. The van der Waals surface area contributed by atoms with E-state index in [4.69, 9.17) is 0 Å². The summed E-state index contributed by atoms with van der Waals surface area (Å²) < 4.78 is 0. The van der Waals surface area contributed by atoms with E-state index in [2.05, 4.69) is 27.4 Å². The number of aromatic amines is 1. The first-order valence-electron chi connectivity index (χ1n) is 7.31. The lowest BCUT2D eigenvalue weighted by molar-refractivity contribution is -0.121. The summed E-state index contributed by atoms with van der Waals surface area (Å²) in [5, 5.41) is 10.7. The second-order valence-electron chi connectivity index (χ2n) is 5.31. The topological polar surface area (TPSA) is 70.7 Å². The number of amides is 1. The van der Waals surface area contributed by atoms with Gasteiger partial charge in [-0.3, -0.25) is 14.9 Å². The lowest BCUT2D eigenvalue weighted by Gasteiger charge is -2.11. The zero-order valence-corrected chi connectivity index (χ0v) is 12.5. The summed E-state index contributed by atoms with van der Waals surface area (Å²) in [5.74, 6) is 0.0430. The SMILES string of the molecule is Cc1ccc2ncccc2c1CNC(=O)CCc1cn[nH]c1. The van der Waals surface area contributed by atoms with E-state index in [0.29, 0.717) is 19.4 Å². The Bertz CT molecular complexity index is 780. The number of carbonyl (C=O) groups excluding carboxylic acids is 1. The molecule has 0 bridgehead atoms. The molecule has 0 spiro atoms. The van der Waals surface area contributed by atoms with Gasteiger partial charge in [0.1, 0.15) is 0 Å². The van der Waals surface area contributed by atoms with E-state index in [1.165, 1.54) is 0 Å². The number of hydrogen-bond donors (Lipinski definition) is 2. The molecule has 0 atom stereocenters. The Balaban J connectivity index is 1.66. The number of fused-ring (bicyclic) bond motifs is 1. The van der Waals surface area contributed by atoms with Gasteiger partial charge in [0.15, 0.2) is 0 Å². The van der Waals surface area contributed by atoms with Crippen molar-refractivity contribution in [3.05, 3.63) is 59.5 Å². The fourth-order valence-electron chi connectivity index (χ4n) is 2.50. The highest BCUT2D eigenvalue weighted by Gasteiger charge is 2.08. The summed E-state index contributed by atoms with van der Waals surface area (Å²) >= 11 is 0. The zero-order valence-electron chi connectivity index (χ0n) is 12.5. The molecule has 112 valence electrons. The number of rotatable bonds is 5. The van der Waals surface area contributed by atoms with Crippen molar-refractivity contribution in [3.8, 4) is 0 Å². The molecule has 1 amide bonds. The summed E-state index contributed by atoms with van der Waals surface area (Å²) in [6.07, 6.45) is 6.49. The van der Waals surface area contributed by atoms with Crippen LogP contribution in [0, 0.1) is 6.92 Å². The van der Waals surface area contributed by atoms with Crippen LogP contribution in [0.1, 0.15) is 23.1 Å². The molecule has 0 aliphatic carbocycles. The van der Waals surface area contributed by atoms with Gasteiger partial charge >= 0.3 is 0 Å². The molecule has 0 saturated heterocycles. The largest absolute Gasteiger partial charge is 0.352 e. The number of carbonyl (C=O) groups is 1. The van der Waals surface area contributed by atoms with Gasteiger partial charge < -0.3 is 5.32 Å². The van der Waals surface area contributed by atoms with Crippen molar-refractivity contribution in [2.75, 3.05) is 0 Å². The maximum absolute atomic E-state index is 12.0. The number of nitrogens with one attached hydrogen (secondary N) is 2. The zero-order chi connectivity index (χ0) is 15.4. The van der Waals surface area contributed by atoms with Crippen LogP contribution in [0.2, 0.25) is 0 Å². The van der Waals surface area contributed by atoms with Crippen LogP contribution in [-0.4, -0.2) is 21.1 Å². The van der Waals surface area contributed by atoms with Gasteiger partial charge in [0.05, 0.1) is 11.7 Å².